The number of amides is 1. The minimum Gasteiger partial charge on any atom is -0.445 e. The van der Waals surface area contributed by atoms with E-state index < -0.39 is 6.09 Å². The molecule has 3 rings (SSSR count). The van der Waals surface area contributed by atoms with Gasteiger partial charge in [-0.3, -0.25) is 0 Å². The summed E-state index contributed by atoms with van der Waals surface area (Å²) in [5, 5.41) is 1.12. The SMILES string of the molecule is NC(=O)OCc1cccc2c1cc1n2CC=C1. The lowest BCUT2D eigenvalue weighted by molar-refractivity contribution is 0.150. The van der Waals surface area contributed by atoms with Crippen LogP contribution in [0.1, 0.15) is 11.3 Å². The summed E-state index contributed by atoms with van der Waals surface area (Å²) in [5.41, 5.74) is 8.31. The second kappa shape index (κ2) is 3.66. The molecular weight excluding hydrogens is 216 g/mol. The zero-order valence-corrected chi connectivity index (χ0v) is 9.22. The van der Waals surface area contributed by atoms with Crippen LogP contribution in [0.5, 0.6) is 0 Å². The molecule has 2 heterocycles. The molecular formula is C13H12N2O2. The van der Waals surface area contributed by atoms with Crippen molar-refractivity contribution in [2.24, 2.45) is 5.73 Å². The van der Waals surface area contributed by atoms with Crippen LogP contribution in [0.4, 0.5) is 4.79 Å². The molecule has 1 amide bonds. The van der Waals surface area contributed by atoms with E-state index in [-0.39, 0.29) is 6.61 Å². The molecule has 0 unspecified atom stereocenters. The molecule has 4 nitrogen and oxygen atoms in total. The van der Waals surface area contributed by atoms with Gasteiger partial charge in [0.2, 0.25) is 0 Å². The van der Waals surface area contributed by atoms with E-state index in [0.29, 0.717) is 0 Å². The Morgan fingerprint density at radius 2 is 2.35 bits per heavy atom. The summed E-state index contributed by atoms with van der Waals surface area (Å²) in [6, 6.07) is 8.09. The monoisotopic (exact) mass is 228 g/mol. The third-order valence-electron chi connectivity index (χ3n) is 3.01. The topological polar surface area (TPSA) is 57.3 Å². The van der Waals surface area contributed by atoms with Crippen molar-refractivity contribution in [3.63, 3.8) is 0 Å². The number of aromatic nitrogens is 1. The number of allylic oxidation sites excluding steroid dienone is 1. The predicted molar refractivity (Wildman–Crippen MR) is 65.3 cm³/mol. The maximum absolute atomic E-state index is 10.6. The average Bonchev–Trinajstić information content (AvgIpc) is 2.86. The predicted octanol–water partition coefficient (Wildman–Crippen LogP) is 2.26. The smallest absolute Gasteiger partial charge is 0.404 e. The number of hydrogen-bond donors (Lipinski definition) is 1. The van der Waals surface area contributed by atoms with Crippen molar-refractivity contribution in [2.45, 2.75) is 13.2 Å². The Morgan fingerprint density at radius 3 is 3.18 bits per heavy atom. The van der Waals surface area contributed by atoms with E-state index in [0.717, 1.165) is 23.0 Å². The fourth-order valence-electron chi connectivity index (χ4n) is 2.26. The molecule has 0 spiro atoms. The van der Waals surface area contributed by atoms with Crippen LogP contribution in [0.15, 0.2) is 30.3 Å². The Balaban J connectivity index is 2.07. The van der Waals surface area contributed by atoms with Crippen molar-refractivity contribution < 1.29 is 9.53 Å². The summed E-state index contributed by atoms with van der Waals surface area (Å²) in [6.07, 6.45) is 3.48. The summed E-state index contributed by atoms with van der Waals surface area (Å²) >= 11 is 0. The van der Waals surface area contributed by atoms with E-state index in [1.807, 2.05) is 12.1 Å². The van der Waals surface area contributed by atoms with Crippen LogP contribution in [-0.2, 0) is 17.9 Å². The van der Waals surface area contributed by atoms with Crippen LogP contribution < -0.4 is 5.73 Å². The van der Waals surface area contributed by atoms with Gasteiger partial charge in [0.1, 0.15) is 6.61 Å². The standard InChI is InChI=1S/C13H12N2O2/c14-13(16)17-8-9-3-1-5-12-11(9)7-10-4-2-6-15(10)12/h1-5,7H,6,8H2,(H2,14,16). The van der Waals surface area contributed by atoms with Gasteiger partial charge in [0.25, 0.3) is 0 Å². The lowest BCUT2D eigenvalue weighted by Crippen LogP contribution is -2.12. The number of rotatable bonds is 2. The summed E-state index contributed by atoms with van der Waals surface area (Å²) in [5.74, 6) is 0. The largest absolute Gasteiger partial charge is 0.445 e. The molecule has 2 aromatic rings. The first-order valence-electron chi connectivity index (χ1n) is 5.45. The van der Waals surface area contributed by atoms with Crippen molar-refractivity contribution in [1.29, 1.82) is 0 Å². The minimum atomic E-state index is -0.742. The third kappa shape index (κ3) is 1.58. The average molecular weight is 228 g/mol. The lowest BCUT2D eigenvalue weighted by Gasteiger charge is -2.05. The van der Waals surface area contributed by atoms with Crippen molar-refractivity contribution in [2.75, 3.05) is 0 Å². The van der Waals surface area contributed by atoms with Gasteiger partial charge in [-0.25, -0.2) is 4.79 Å². The maximum atomic E-state index is 10.6. The summed E-state index contributed by atoms with van der Waals surface area (Å²) in [4.78, 5) is 10.6. The molecule has 86 valence electrons. The molecule has 1 aliphatic heterocycles. The van der Waals surface area contributed by atoms with Gasteiger partial charge in [-0.1, -0.05) is 18.2 Å². The van der Waals surface area contributed by atoms with Crippen LogP contribution in [0.25, 0.3) is 17.0 Å². The molecule has 0 fully saturated rings. The van der Waals surface area contributed by atoms with Gasteiger partial charge in [-0.05, 0) is 23.8 Å². The number of benzene rings is 1. The first-order chi connectivity index (χ1) is 8.25. The number of hydrogen-bond acceptors (Lipinski definition) is 2. The quantitative estimate of drug-likeness (QED) is 0.857. The Labute approximate surface area is 98.3 Å². The lowest BCUT2D eigenvalue weighted by atomic mass is 10.1. The number of nitrogens with zero attached hydrogens (tertiary/aromatic N) is 1. The van der Waals surface area contributed by atoms with Gasteiger partial charge < -0.3 is 15.0 Å². The number of carbonyl (C=O) groups is 1. The molecule has 0 aliphatic carbocycles. The molecule has 4 heteroatoms. The summed E-state index contributed by atoms with van der Waals surface area (Å²) < 4.78 is 7.07. The Kier molecular flexibility index (Phi) is 2.14. The molecule has 0 saturated carbocycles. The first-order valence-corrected chi connectivity index (χ1v) is 5.45. The molecule has 1 aromatic heterocycles. The van der Waals surface area contributed by atoms with Crippen LogP contribution in [0.3, 0.4) is 0 Å². The van der Waals surface area contributed by atoms with Crippen LogP contribution >= 0.6 is 0 Å². The van der Waals surface area contributed by atoms with E-state index in [1.165, 1.54) is 5.69 Å². The molecule has 0 bridgehead atoms. The molecule has 0 atom stereocenters. The van der Waals surface area contributed by atoms with E-state index in [9.17, 15) is 4.79 Å². The van der Waals surface area contributed by atoms with E-state index >= 15 is 0 Å². The molecule has 2 N–H and O–H groups in total. The van der Waals surface area contributed by atoms with E-state index in [1.54, 1.807) is 0 Å². The molecule has 0 radical (unpaired) electrons. The van der Waals surface area contributed by atoms with Gasteiger partial charge in [0, 0.05) is 23.1 Å². The van der Waals surface area contributed by atoms with E-state index in [4.69, 9.17) is 10.5 Å². The number of carbonyl (C=O) groups excluding carboxylic acids is 1. The van der Waals surface area contributed by atoms with Gasteiger partial charge in [0.05, 0.1) is 0 Å². The summed E-state index contributed by atoms with van der Waals surface area (Å²) in [7, 11) is 0. The molecule has 1 aromatic carbocycles. The van der Waals surface area contributed by atoms with Gasteiger partial charge in [0.15, 0.2) is 0 Å². The van der Waals surface area contributed by atoms with Crippen LogP contribution in [-0.4, -0.2) is 10.7 Å². The highest BCUT2D eigenvalue weighted by Gasteiger charge is 2.12. The van der Waals surface area contributed by atoms with Crippen LogP contribution in [0.2, 0.25) is 0 Å². The number of fused-ring (bicyclic) bond motifs is 3. The van der Waals surface area contributed by atoms with Crippen molar-refractivity contribution >= 4 is 23.1 Å². The molecule has 0 saturated heterocycles. The first kappa shape index (κ1) is 9.96. The fraction of sp³-hybridized carbons (Fsp3) is 0.154. The van der Waals surface area contributed by atoms with Gasteiger partial charge in [-0.15, -0.1) is 0 Å². The highest BCUT2D eigenvalue weighted by atomic mass is 16.5. The number of ether oxygens (including phenoxy) is 1. The number of nitrogens with two attached hydrogens (primary N) is 1. The molecule has 17 heavy (non-hydrogen) atoms. The van der Waals surface area contributed by atoms with Gasteiger partial charge in [-0.2, -0.15) is 0 Å². The van der Waals surface area contributed by atoms with E-state index in [2.05, 4.69) is 28.9 Å². The highest BCUT2D eigenvalue weighted by molar-refractivity contribution is 5.87. The van der Waals surface area contributed by atoms with Crippen molar-refractivity contribution in [1.82, 2.24) is 4.57 Å². The zero-order valence-electron chi connectivity index (χ0n) is 9.22. The highest BCUT2D eigenvalue weighted by Crippen LogP contribution is 2.27. The second-order valence-corrected chi connectivity index (χ2v) is 4.04. The Hall–Kier alpha value is -2.23. The maximum Gasteiger partial charge on any atom is 0.404 e. The Bertz CT molecular complexity index is 626. The third-order valence-corrected chi connectivity index (χ3v) is 3.01. The number of primary amides is 1. The molecule has 1 aliphatic rings. The Morgan fingerprint density at radius 1 is 1.47 bits per heavy atom. The normalized spacial score (nSPS) is 12.9. The second-order valence-electron chi connectivity index (χ2n) is 4.04. The minimum absolute atomic E-state index is 0.222. The summed E-state index contributed by atoms with van der Waals surface area (Å²) in [6.45, 7) is 1.12. The fourth-order valence-corrected chi connectivity index (χ4v) is 2.26. The van der Waals surface area contributed by atoms with Crippen LogP contribution in [0, 0.1) is 0 Å². The van der Waals surface area contributed by atoms with Crippen molar-refractivity contribution in [3.8, 4) is 0 Å². The van der Waals surface area contributed by atoms with Crippen molar-refractivity contribution in [3.05, 3.63) is 41.6 Å². The van der Waals surface area contributed by atoms with Gasteiger partial charge >= 0.3 is 6.09 Å². The zero-order chi connectivity index (χ0) is 11.8.